The van der Waals surface area contributed by atoms with Crippen LogP contribution < -0.4 is 5.32 Å². The van der Waals surface area contributed by atoms with Crippen molar-refractivity contribution in [1.82, 2.24) is 10.2 Å². The lowest BCUT2D eigenvalue weighted by atomic mass is 10.1. The fourth-order valence-electron chi connectivity index (χ4n) is 1.82. The van der Waals surface area contributed by atoms with Crippen molar-refractivity contribution < 1.29 is 4.79 Å². The third-order valence-electron chi connectivity index (χ3n) is 2.67. The first-order valence-electron chi connectivity index (χ1n) is 5.53. The molecule has 0 bridgehead atoms. The zero-order valence-corrected chi connectivity index (χ0v) is 10.5. The highest BCUT2D eigenvalue weighted by Gasteiger charge is 2.12. The Morgan fingerprint density at radius 3 is 3.00 bits per heavy atom. The number of aromatic amines is 1. The number of aromatic nitrogens is 2. The lowest BCUT2D eigenvalue weighted by Gasteiger charge is -1.99. The van der Waals surface area contributed by atoms with Gasteiger partial charge in [-0.2, -0.15) is 5.10 Å². The lowest BCUT2D eigenvalue weighted by Crippen LogP contribution is -2.11. The largest absolute Gasteiger partial charge is 0.305 e. The van der Waals surface area contributed by atoms with Crippen molar-refractivity contribution in [2.75, 3.05) is 5.32 Å². The van der Waals surface area contributed by atoms with Crippen LogP contribution in [0.3, 0.4) is 0 Å². The second kappa shape index (κ2) is 4.27. The molecule has 5 heteroatoms. The van der Waals surface area contributed by atoms with E-state index in [1.807, 2.05) is 36.6 Å². The Kier molecular flexibility index (Phi) is 2.60. The van der Waals surface area contributed by atoms with Gasteiger partial charge < -0.3 is 5.32 Å². The molecule has 0 aliphatic carbocycles. The summed E-state index contributed by atoms with van der Waals surface area (Å²) in [5.74, 6) is 0.423. The minimum atomic E-state index is -0.126. The molecule has 1 aromatic carbocycles. The molecule has 3 rings (SSSR count). The Hall–Kier alpha value is -2.14. The first kappa shape index (κ1) is 11.0. The summed E-state index contributed by atoms with van der Waals surface area (Å²) in [4.78, 5) is 12.1. The Labute approximate surface area is 108 Å². The molecule has 0 atom stereocenters. The molecule has 0 aliphatic rings. The molecule has 3 aromatic rings. The van der Waals surface area contributed by atoms with E-state index < -0.39 is 0 Å². The second-order valence-electron chi connectivity index (χ2n) is 4.04. The molecule has 0 fully saturated rings. The first-order valence-corrected chi connectivity index (χ1v) is 6.41. The van der Waals surface area contributed by atoms with Gasteiger partial charge in [-0.05, 0) is 13.0 Å². The molecule has 4 nitrogen and oxygen atoms in total. The minimum Gasteiger partial charge on any atom is -0.305 e. The maximum atomic E-state index is 12.1. The normalized spacial score (nSPS) is 10.7. The van der Waals surface area contributed by atoms with Crippen LogP contribution in [0.25, 0.3) is 10.1 Å². The first-order chi connectivity index (χ1) is 8.74. The van der Waals surface area contributed by atoms with E-state index in [9.17, 15) is 4.79 Å². The van der Waals surface area contributed by atoms with Gasteiger partial charge >= 0.3 is 0 Å². The third kappa shape index (κ3) is 1.89. The Balaban J connectivity index is 1.92. The van der Waals surface area contributed by atoms with E-state index >= 15 is 0 Å². The van der Waals surface area contributed by atoms with E-state index in [-0.39, 0.29) is 5.91 Å². The molecule has 90 valence electrons. The maximum absolute atomic E-state index is 12.1. The summed E-state index contributed by atoms with van der Waals surface area (Å²) < 4.78 is 1.11. The molecule has 2 aromatic heterocycles. The van der Waals surface area contributed by atoms with Gasteiger partial charge in [0.2, 0.25) is 0 Å². The molecule has 0 radical (unpaired) electrons. The minimum absolute atomic E-state index is 0.126. The molecule has 0 spiro atoms. The van der Waals surface area contributed by atoms with Gasteiger partial charge in [0, 0.05) is 27.2 Å². The monoisotopic (exact) mass is 257 g/mol. The molecule has 2 N–H and O–H groups in total. The highest BCUT2D eigenvalue weighted by molar-refractivity contribution is 7.17. The highest BCUT2D eigenvalue weighted by Crippen LogP contribution is 2.26. The van der Waals surface area contributed by atoms with Crippen LogP contribution in [0.5, 0.6) is 0 Å². The molecule has 1 amide bonds. The van der Waals surface area contributed by atoms with Crippen LogP contribution in [0.4, 0.5) is 5.82 Å². The SMILES string of the molecule is Cc1cc(NC(=O)c2csc3ccccc23)n[nH]1. The van der Waals surface area contributed by atoms with Gasteiger partial charge in [-0.15, -0.1) is 11.3 Å². The summed E-state index contributed by atoms with van der Waals surface area (Å²) in [7, 11) is 0. The second-order valence-corrected chi connectivity index (χ2v) is 4.95. The molecule has 0 aliphatic heterocycles. The number of H-pyrrole nitrogens is 1. The fourth-order valence-corrected chi connectivity index (χ4v) is 2.76. The third-order valence-corrected chi connectivity index (χ3v) is 3.64. The number of benzene rings is 1. The van der Waals surface area contributed by atoms with Crippen LogP contribution in [0.2, 0.25) is 0 Å². The van der Waals surface area contributed by atoms with E-state index in [4.69, 9.17) is 0 Å². The standard InChI is InChI=1S/C13H11N3OS/c1-8-6-12(16-15-8)14-13(17)10-7-18-11-5-3-2-4-9(10)11/h2-7H,1H3,(H2,14,15,16,17). The molecule has 0 unspecified atom stereocenters. The van der Waals surface area contributed by atoms with Crippen molar-refractivity contribution in [1.29, 1.82) is 0 Å². The number of rotatable bonds is 2. The van der Waals surface area contributed by atoms with Gasteiger partial charge in [0.25, 0.3) is 5.91 Å². The Morgan fingerprint density at radius 2 is 2.22 bits per heavy atom. The van der Waals surface area contributed by atoms with Gasteiger partial charge in [-0.25, -0.2) is 0 Å². The van der Waals surface area contributed by atoms with Crippen molar-refractivity contribution >= 4 is 33.1 Å². The van der Waals surface area contributed by atoms with Crippen molar-refractivity contribution in [3.63, 3.8) is 0 Å². The van der Waals surface area contributed by atoms with E-state index in [1.54, 1.807) is 17.4 Å². The number of fused-ring (bicyclic) bond motifs is 1. The Bertz CT molecular complexity index is 714. The number of carbonyl (C=O) groups excluding carboxylic acids is 1. The molecular weight excluding hydrogens is 246 g/mol. The van der Waals surface area contributed by atoms with Crippen LogP contribution in [-0.4, -0.2) is 16.1 Å². The van der Waals surface area contributed by atoms with E-state index in [0.717, 1.165) is 15.8 Å². The molecule has 0 saturated heterocycles. The summed E-state index contributed by atoms with van der Waals surface area (Å²) in [6, 6.07) is 9.67. The number of hydrogen-bond donors (Lipinski definition) is 2. The van der Waals surface area contributed by atoms with E-state index in [2.05, 4.69) is 15.5 Å². The van der Waals surface area contributed by atoms with Gasteiger partial charge in [-0.1, -0.05) is 18.2 Å². The summed E-state index contributed by atoms with van der Waals surface area (Å²) in [6.07, 6.45) is 0. The number of amides is 1. The van der Waals surface area contributed by atoms with Crippen LogP contribution in [0.1, 0.15) is 16.1 Å². The summed E-state index contributed by atoms with van der Waals surface area (Å²) >= 11 is 1.57. The zero-order valence-electron chi connectivity index (χ0n) is 9.73. The topological polar surface area (TPSA) is 57.8 Å². The average Bonchev–Trinajstić information content (AvgIpc) is 2.95. The molecule has 2 heterocycles. The number of carbonyl (C=O) groups is 1. The number of aryl methyl sites for hydroxylation is 1. The quantitative estimate of drug-likeness (QED) is 0.740. The number of hydrogen-bond acceptors (Lipinski definition) is 3. The average molecular weight is 257 g/mol. The van der Waals surface area contributed by atoms with Gasteiger partial charge in [0.05, 0.1) is 5.56 Å². The smallest absolute Gasteiger partial charge is 0.258 e. The zero-order chi connectivity index (χ0) is 12.5. The highest BCUT2D eigenvalue weighted by atomic mass is 32.1. The van der Waals surface area contributed by atoms with Crippen molar-refractivity contribution in [3.05, 3.63) is 47.0 Å². The van der Waals surface area contributed by atoms with E-state index in [1.165, 1.54) is 0 Å². The maximum Gasteiger partial charge on any atom is 0.258 e. The van der Waals surface area contributed by atoms with Crippen molar-refractivity contribution in [2.45, 2.75) is 6.92 Å². The predicted molar refractivity (Wildman–Crippen MR) is 73.1 cm³/mol. The lowest BCUT2D eigenvalue weighted by molar-refractivity contribution is 0.102. The van der Waals surface area contributed by atoms with Gasteiger partial charge in [-0.3, -0.25) is 9.89 Å². The number of nitrogens with zero attached hydrogens (tertiary/aromatic N) is 1. The van der Waals surface area contributed by atoms with Crippen LogP contribution >= 0.6 is 11.3 Å². The fraction of sp³-hybridized carbons (Fsp3) is 0.0769. The van der Waals surface area contributed by atoms with Gasteiger partial charge in [0.1, 0.15) is 0 Å². The van der Waals surface area contributed by atoms with Crippen LogP contribution in [-0.2, 0) is 0 Å². The number of thiophene rings is 1. The van der Waals surface area contributed by atoms with Crippen LogP contribution in [0, 0.1) is 6.92 Å². The molecule has 0 saturated carbocycles. The number of anilines is 1. The predicted octanol–water partition coefficient (Wildman–Crippen LogP) is 3.19. The summed E-state index contributed by atoms with van der Waals surface area (Å²) in [5, 5.41) is 12.4. The van der Waals surface area contributed by atoms with Gasteiger partial charge in [0.15, 0.2) is 5.82 Å². The summed E-state index contributed by atoms with van der Waals surface area (Å²) in [5.41, 5.74) is 1.61. The van der Waals surface area contributed by atoms with Crippen molar-refractivity contribution in [2.24, 2.45) is 0 Å². The number of nitrogens with one attached hydrogen (secondary N) is 2. The van der Waals surface area contributed by atoms with E-state index in [0.29, 0.717) is 11.4 Å². The Morgan fingerprint density at radius 1 is 1.39 bits per heavy atom. The van der Waals surface area contributed by atoms with Crippen LogP contribution in [0.15, 0.2) is 35.7 Å². The molecule has 18 heavy (non-hydrogen) atoms. The van der Waals surface area contributed by atoms with Crippen molar-refractivity contribution in [3.8, 4) is 0 Å². The summed E-state index contributed by atoms with van der Waals surface area (Å²) in [6.45, 7) is 1.89. The molecular formula is C13H11N3OS.